The molecule has 1 aromatic carbocycles. The van der Waals surface area contributed by atoms with Gasteiger partial charge in [-0.1, -0.05) is 30.3 Å². The summed E-state index contributed by atoms with van der Waals surface area (Å²) in [4.78, 5) is 25.8. The molecule has 0 saturated heterocycles. The highest BCUT2D eigenvalue weighted by atomic mass is 16.6. The van der Waals surface area contributed by atoms with Gasteiger partial charge in [-0.15, -0.1) is 0 Å². The minimum Gasteiger partial charge on any atom is -0.459 e. The van der Waals surface area contributed by atoms with Crippen molar-refractivity contribution in [2.45, 2.75) is 77.5 Å². The molecule has 1 atom stereocenters. The molecule has 5 heteroatoms. The van der Waals surface area contributed by atoms with E-state index in [1.165, 1.54) is 19.3 Å². The summed E-state index contributed by atoms with van der Waals surface area (Å²) in [6, 6.07) is 9.03. The number of rotatable bonds is 5. The fourth-order valence-corrected chi connectivity index (χ4v) is 6.23. The van der Waals surface area contributed by atoms with Crippen LogP contribution in [0.5, 0.6) is 0 Å². The zero-order valence-electron chi connectivity index (χ0n) is 17.8. The van der Waals surface area contributed by atoms with Gasteiger partial charge in [0.1, 0.15) is 18.2 Å². The maximum absolute atomic E-state index is 13.2. The van der Waals surface area contributed by atoms with Gasteiger partial charge < -0.3 is 14.8 Å². The third kappa shape index (κ3) is 4.59. The summed E-state index contributed by atoms with van der Waals surface area (Å²) in [5.74, 6) is 1.69. The number of carbonyl (C=O) groups is 2. The molecule has 4 saturated carbocycles. The topological polar surface area (TPSA) is 64.6 Å². The Kier molecular flexibility index (Phi) is 5.34. The van der Waals surface area contributed by atoms with Crippen molar-refractivity contribution in [3.8, 4) is 0 Å². The molecule has 0 aromatic heterocycles. The quantitative estimate of drug-likeness (QED) is 0.720. The lowest BCUT2D eigenvalue weighted by Crippen LogP contribution is -2.60. The molecule has 29 heavy (non-hydrogen) atoms. The average Bonchev–Trinajstić information content (AvgIpc) is 2.62. The number of alkyl carbamates (subject to hydrolysis) is 1. The van der Waals surface area contributed by atoms with Gasteiger partial charge in [0.15, 0.2) is 0 Å². The Hall–Kier alpha value is -2.04. The molecule has 4 fully saturated rings. The number of benzene rings is 1. The summed E-state index contributed by atoms with van der Waals surface area (Å²) in [6.07, 6.45) is 6.29. The molecule has 1 N–H and O–H groups in total. The summed E-state index contributed by atoms with van der Waals surface area (Å²) < 4.78 is 11.2. The SMILES string of the molecule is CC(C)(C)OC(=O)NC(C(=O)OCc1ccccc1)C12CC3CC(CC(C3)C1)C2. The Morgan fingerprint density at radius 2 is 1.59 bits per heavy atom. The van der Waals surface area contributed by atoms with Crippen LogP contribution in [0.2, 0.25) is 0 Å². The predicted octanol–water partition coefficient (Wildman–Crippen LogP) is 4.84. The summed E-state index contributed by atoms with van der Waals surface area (Å²) in [5, 5.41) is 2.93. The number of esters is 1. The van der Waals surface area contributed by atoms with Crippen LogP contribution in [0.15, 0.2) is 30.3 Å². The fourth-order valence-electron chi connectivity index (χ4n) is 6.23. The van der Waals surface area contributed by atoms with Gasteiger partial charge >= 0.3 is 12.1 Å². The summed E-state index contributed by atoms with van der Waals surface area (Å²) in [6.45, 7) is 5.72. The molecular formula is C24H33NO4. The zero-order chi connectivity index (χ0) is 20.6. The van der Waals surface area contributed by atoms with E-state index < -0.39 is 17.7 Å². The molecule has 0 heterocycles. The van der Waals surface area contributed by atoms with Gasteiger partial charge in [0.2, 0.25) is 0 Å². The highest BCUT2D eigenvalue weighted by Gasteiger charge is 2.57. The van der Waals surface area contributed by atoms with Crippen LogP contribution in [-0.2, 0) is 20.9 Å². The van der Waals surface area contributed by atoms with E-state index in [1.807, 2.05) is 51.1 Å². The third-order valence-electron chi connectivity index (χ3n) is 6.82. The Morgan fingerprint density at radius 3 is 2.10 bits per heavy atom. The van der Waals surface area contributed by atoms with Gasteiger partial charge in [-0.2, -0.15) is 0 Å². The molecule has 4 aliphatic carbocycles. The van der Waals surface area contributed by atoms with Gasteiger partial charge in [-0.05, 0) is 82.6 Å². The summed E-state index contributed by atoms with van der Waals surface area (Å²) in [5.41, 5.74) is 0.145. The van der Waals surface area contributed by atoms with E-state index in [2.05, 4.69) is 5.32 Å². The molecule has 1 aromatic rings. The van der Waals surface area contributed by atoms with Gasteiger partial charge in [0.25, 0.3) is 0 Å². The fraction of sp³-hybridized carbons (Fsp3) is 0.667. The van der Waals surface area contributed by atoms with E-state index in [9.17, 15) is 9.59 Å². The van der Waals surface area contributed by atoms with E-state index >= 15 is 0 Å². The van der Waals surface area contributed by atoms with E-state index in [1.54, 1.807) is 0 Å². The predicted molar refractivity (Wildman–Crippen MR) is 110 cm³/mol. The molecule has 0 radical (unpaired) electrons. The molecule has 5 rings (SSSR count). The van der Waals surface area contributed by atoms with Crippen LogP contribution in [0.25, 0.3) is 0 Å². The van der Waals surface area contributed by atoms with Crippen molar-refractivity contribution < 1.29 is 19.1 Å². The highest BCUT2D eigenvalue weighted by Crippen LogP contribution is 2.61. The van der Waals surface area contributed by atoms with Crippen molar-refractivity contribution in [2.24, 2.45) is 23.2 Å². The summed E-state index contributed by atoms with van der Waals surface area (Å²) in [7, 11) is 0. The minimum absolute atomic E-state index is 0.195. The molecule has 4 aliphatic rings. The molecule has 1 amide bonds. The van der Waals surface area contributed by atoms with Crippen molar-refractivity contribution in [3.05, 3.63) is 35.9 Å². The largest absolute Gasteiger partial charge is 0.459 e. The lowest BCUT2D eigenvalue weighted by atomic mass is 9.47. The molecule has 5 nitrogen and oxygen atoms in total. The standard InChI is InChI=1S/C24H33NO4/c1-23(2,3)29-22(27)25-20(21(26)28-15-16-7-5-4-6-8-16)24-12-17-9-18(13-24)11-19(10-17)14-24/h4-8,17-20H,9-15H2,1-3H3,(H,25,27). The maximum Gasteiger partial charge on any atom is 0.408 e. The van der Waals surface area contributed by atoms with Crippen LogP contribution < -0.4 is 5.32 Å². The Balaban J connectivity index is 1.52. The number of hydrogen-bond donors (Lipinski definition) is 1. The third-order valence-corrected chi connectivity index (χ3v) is 6.82. The van der Waals surface area contributed by atoms with Crippen molar-refractivity contribution in [1.29, 1.82) is 0 Å². The number of nitrogens with one attached hydrogen (secondary N) is 1. The van der Waals surface area contributed by atoms with Crippen molar-refractivity contribution >= 4 is 12.1 Å². The first kappa shape index (κ1) is 20.2. The van der Waals surface area contributed by atoms with Gasteiger partial charge in [-0.25, -0.2) is 9.59 Å². The van der Waals surface area contributed by atoms with Crippen molar-refractivity contribution in [3.63, 3.8) is 0 Å². The lowest BCUT2D eigenvalue weighted by molar-refractivity contribution is -0.159. The number of carbonyl (C=O) groups excluding carboxylic acids is 2. The number of hydrogen-bond acceptors (Lipinski definition) is 4. The molecule has 1 unspecified atom stereocenters. The first-order chi connectivity index (χ1) is 13.7. The van der Waals surface area contributed by atoms with Crippen molar-refractivity contribution in [1.82, 2.24) is 5.32 Å². The highest BCUT2D eigenvalue weighted by molar-refractivity contribution is 5.82. The van der Waals surface area contributed by atoms with E-state index in [-0.39, 0.29) is 18.0 Å². The van der Waals surface area contributed by atoms with Crippen LogP contribution in [0.1, 0.15) is 64.9 Å². The first-order valence-corrected chi connectivity index (χ1v) is 10.9. The molecule has 158 valence electrons. The van der Waals surface area contributed by atoms with Crippen LogP contribution in [-0.4, -0.2) is 23.7 Å². The smallest absolute Gasteiger partial charge is 0.408 e. The van der Waals surface area contributed by atoms with E-state index in [0.717, 1.165) is 24.8 Å². The summed E-state index contributed by atoms with van der Waals surface area (Å²) >= 11 is 0. The average molecular weight is 400 g/mol. The molecular weight excluding hydrogens is 366 g/mol. The zero-order valence-corrected chi connectivity index (χ0v) is 17.8. The second-order valence-corrected chi connectivity index (χ2v) is 10.5. The van der Waals surface area contributed by atoms with E-state index in [0.29, 0.717) is 17.8 Å². The van der Waals surface area contributed by atoms with Crippen LogP contribution in [0.3, 0.4) is 0 Å². The van der Waals surface area contributed by atoms with Gasteiger partial charge in [-0.3, -0.25) is 0 Å². The van der Waals surface area contributed by atoms with Crippen molar-refractivity contribution in [2.75, 3.05) is 0 Å². The lowest BCUT2D eigenvalue weighted by Gasteiger charge is -2.58. The second kappa shape index (κ2) is 7.66. The maximum atomic E-state index is 13.2. The Morgan fingerprint density at radius 1 is 1.03 bits per heavy atom. The Bertz CT molecular complexity index is 717. The normalized spacial score (nSPS) is 31.2. The monoisotopic (exact) mass is 399 g/mol. The number of ether oxygens (including phenoxy) is 2. The van der Waals surface area contributed by atoms with Gasteiger partial charge in [0, 0.05) is 5.41 Å². The van der Waals surface area contributed by atoms with Crippen LogP contribution in [0, 0.1) is 23.2 Å². The minimum atomic E-state index is -0.644. The van der Waals surface area contributed by atoms with Gasteiger partial charge in [0.05, 0.1) is 0 Å². The van der Waals surface area contributed by atoms with E-state index in [4.69, 9.17) is 9.47 Å². The van der Waals surface area contributed by atoms with Crippen LogP contribution >= 0.6 is 0 Å². The second-order valence-electron chi connectivity index (χ2n) is 10.5. The first-order valence-electron chi connectivity index (χ1n) is 10.9. The Labute approximate surface area is 173 Å². The molecule has 0 spiro atoms. The van der Waals surface area contributed by atoms with Crippen LogP contribution in [0.4, 0.5) is 4.79 Å². The number of amides is 1. The molecule has 4 bridgehead atoms. The molecule has 0 aliphatic heterocycles.